The topological polar surface area (TPSA) is 100 Å². The molecule has 2 heterocycles. The molecule has 0 aliphatic carbocycles. The molecule has 0 unspecified atom stereocenters. The lowest BCUT2D eigenvalue weighted by Gasteiger charge is -2.28. The molecule has 0 saturated heterocycles. The Bertz CT molecular complexity index is 830. The summed E-state index contributed by atoms with van der Waals surface area (Å²) in [7, 11) is 3.13. The molecule has 1 aromatic carbocycles. The number of esters is 1. The average molecular weight is 345 g/mol. The van der Waals surface area contributed by atoms with Crippen molar-refractivity contribution in [3.8, 4) is 11.5 Å². The summed E-state index contributed by atoms with van der Waals surface area (Å²) in [6, 6.07) is 4.79. The van der Waals surface area contributed by atoms with Gasteiger partial charge < -0.3 is 19.5 Å². The molecule has 0 bridgehead atoms. The fourth-order valence-corrected chi connectivity index (χ4v) is 2.82. The van der Waals surface area contributed by atoms with Crippen molar-refractivity contribution < 1.29 is 19.0 Å². The Labute approximate surface area is 144 Å². The van der Waals surface area contributed by atoms with Crippen LogP contribution in [-0.2, 0) is 9.53 Å². The van der Waals surface area contributed by atoms with E-state index in [9.17, 15) is 4.79 Å². The average Bonchev–Trinajstić information content (AvgIpc) is 3.08. The van der Waals surface area contributed by atoms with E-state index in [4.69, 9.17) is 14.2 Å². The molecule has 3 rings (SSSR count). The molecule has 0 spiro atoms. The number of fused-ring (bicyclic) bond motifs is 1. The Morgan fingerprint density at radius 1 is 1.32 bits per heavy atom. The van der Waals surface area contributed by atoms with Gasteiger partial charge in [0.2, 0.25) is 5.95 Å². The van der Waals surface area contributed by atoms with Gasteiger partial charge in [0.25, 0.3) is 0 Å². The number of rotatable bonds is 5. The SMILES string of the molecule is CCOC(=O)C1=C(C)Nc2nnnn2[C@H]1c1ccc(OC)cc1OC. The van der Waals surface area contributed by atoms with E-state index in [1.54, 1.807) is 40.2 Å². The summed E-state index contributed by atoms with van der Waals surface area (Å²) < 4.78 is 17.5. The summed E-state index contributed by atoms with van der Waals surface area (Å²) in [5.41, 5.74) is 1.77. The van der Waals surface area contributed by atoms with Gasteiger partial charge in [0.05, 0.1) is 26.4 Å². The summed E-state index contributed by atoms with van der Waals surface area (Å²) in [6.45, 7) is 3.81. The number of allylic oxidation sites excluding steroid dienone is 1. The van der Waals surface area contributed by atoms with Gasteiger partial charge in [-0.25, -0.2) is 4.79 Å². The first-order valence-electron chi connectivity index (χ1n) is 7.75. The molecule has 1 N–H and O–H groups in total. The summed E-state index contributed by atoms with van der Waals surface area (Å²) >= 11 is 0. The minimum absolute atomic E-state index is 0.268. The standard InChI is InChI=1S/C16H19N5O4/c1-5-25-15(22)13-9(2)17-16-18-19-20-21(16)14(13)11-7-6-10(23-3)8-12(11)24-4/h6-8,14H,5H2,1-4H3,(H,17,18,20)/t14-/m0/s1. The van der Waals surface area contributed by atoms with Crippen LogP contribution >= 0.6 is 0 Å². The van der Waals surface area contributed by atoms with Crippen LogP contribution in [0.4, 0.5) is 5.95 Å². The molecule has 9 nitrogen and oxygen atoms in total. The van der Waals surface area contributed by atoms with Gasteiger partial charge in [-0.3, -0.25) is 0 Å². The number of ether oxygens (including phenoxy) is 3. The second kappa shape index (κ2) is 6.80. The zero-order valence-corrected chi connectivity index (χ0v) is 14.4. The summed E-state index contributed by atoms with van der Waals surface area (Å²) in [5.74, 6) is 1.21. The highest BCUT2D eigenvalue weighted by atomic mass is 16.5. The number of carbonyl (C=O) groups is 1. The number of benzene rings is 1. The van der Waals surface area contributed by atoms with Crippen LogP contribution in [0.5, 0.6) is 11.5 Å². The van der Waals surface area contributed by atoms with Crippen LogP contribution in [0.15, 0.2) is 29.5 Å². The lowest BCUT2D eigenvalue weighted by Crippen LogP contribution is -2.30. The third-order valence-electron chi connectivity index (χ3n) is 3.94. The second-order valence-electron chi connectivity index (χ2n) is 5.34. The predicted molar refractivity (Wildman–Crippen MR) is 88.5 cm³/mol. The van der Waals surface area contributed by atoms with E-state index < -0.39 is 12.0 Å². The van der Waals surface area contributed by atoms with E-state index in [0.29, 0.717) is 28.7 Å². The third-order valence-corrected chi connectivity index (χ3v) is 3.94. The number of nitrogens with one attached hydrogen (secondary N) is 1. The molecule has 9 heteroatoms. The van der Waals surface area contributed by atoms with Gasteiger partial charge in [-0.05, 0) is 36.4 Å². The molecule has 0 radical (unpaired) electrons. The summed E-state index contributed by atoms with van der Waals surface area (Å²) in [6.07, 6.45) is 0. The smallest absolute Gasteiger partial charge is 0.338 e. The number of carbonyl (C=O) groups excluding carboxylic acids is 1. The number of anilines is 1. The Kier molecular flexibility index (Phi) is 4.55. The van der Waals surface area contributed by atoms with Gasteiger partial charge in [0.15, 0.2) is 0 Å². The highest BCUT2D eigenvalue weighted by Gasteiger charge is 2.36. The highest BCUT2D eigenvalue weighted by Crippen LogP contribution is 2.40. The van der Waals surface area contributed by atoms with Crippen molar-refractivity contribution >= 4 is 11.9 Å². The van der Waals surface area contributed by atoms with Crippen LogP contribution < -0.4 is 14.8 Å². The largest absolute Gasteiger partial charge is 0.497 e. The molecule has 0 amide bonds. The molecule has 1 aliphatic rings. The number of nitrogens with zero attached hydrogens (tertiary/aromatic N) is 4. The first-order valence-corrected chi connectivity index (χ1v) is 7.75. The van der Waals surface area contributed by atoms with E-state index in [2.05, 4.69) is 20.8 Å². The summed E-state index contributed by atoms with van der Waals surface area (Å²) in [4.78, 5) is 12.6. The molecule has 25 heavy (non-hydrogen) atoms. The van der Waals surface area contributed by atoms with Crippen molar-refractivity contribution in [2.75, 3.05) is 26.1 Å². The monoisotopic (exact) mass is 345 g/mol. The van der Waals surface area contributed by atoms with Gasteiger partial charge >= 0.3 is 5.97 Å². The Balaban J connectivity index is 2.18. The molecule has 0 saturated carbocycles. The van der Waals surface area contributed by atoms with Crippen molar-refractivity contribution in [3.63, 3.8) is 0 Å². The predicted octanol–water partition coefficient (Wildman–Crippen LogP) is 1.54. The Morgan fingerprint density at radius 2 is 2.12 bits per heavy atom. The first kappa shape index (κ1) is 16.7. The molecular weight excluding hydrogens is 326 g/mol. The highest BCUT2D eigenvalue weighted by molar-refractivity contribution is 5.92. The molecule has 132 valence electrons. The van der Waals surface area contributed by atoms with E-state index in [1.807, 2.05) is 6.07 Å². The normalized spacial score (nSPS) is 16.1. The summed E-state index contributed by atoms with van der Waals surface area (Å²) in [5, 5.41) is 14.7. The maximum Gasteiger partial charge on any atom is 0.338 e. The van der Waals surface area contributed by atoms with Crippen molar-refractivity contribution in [1.29, 1.82) is 0 Å². The van der Waals surface area contributed by atoms with Crippen LogP contribution in [-0.4, -0.2) is 47.0 Å². The van der Waals surface area contributed by atoms with Gasteiger partial charge in [-0.15, -0.1) is 0 Å². The van der Waals surface area contributed by atoms with Crippen molar-refractivity contribution in [2.45, 2.75) is 19.9 Å². The number of hydrogen-bond donors (Lipinski definition) is 1. The number of methoxy groups -OCH3 is 2. The fourth-order valence-electron chi connectivity index (χ4n) is 2.82. The quantitative estimate of drug-likeness (QED) is 0.815. The molecule has 2 aromatic rings. The maximum atomic E-state index is 12.6. The zero-order valence-electron chi connectivity index (χ0n) is 14.4. The fraction of sp³-hybridized carbons (Fsp3) is 0.375. The van der Waals surface area contributed by atoms with Gasteiger partial charge in [0.1, 0.15) is 17.5 Å². The Hall–Kier alpha value is -3.10. The van der Waals surface area contributed by atoms with Gasteiger partial charge in [0, 0.05) is 17.3 Å². The van der Waals surface area contributed by atoms with Crippen LogP contribution in [0.1, 0.15) is 25.5 Å². The minimum Gasteiger partial charge on any atom is -0.497 e. The first-order chi connectivity index (χ1) is 12.1. The minimum atomic E-state index is -0.578. The molecular formula is C16H19N5O4. The molecule has 1 atom stereocenters. The van der Waals surface area contributed by atoms with E-state index >= 15 is 0 Å². The molecule has 0 fully saturated rings. The number of aromatic nitrogens is 4. The van der Waals surface area contributed by atoms with Crippen molar-refractivity contribution in [1.82, 2.24) is 20.2 Å². The van der Waals surface area contributed by atoms with Gasteiger partial charge in [-0.2, -0.15) is 4.68 Å². The van der Waals surface area contributed by atoms with E-state index in [0.717, 1.165) is 5.56 Å². The third kappa shape index (κ3) is 2.88. The van der Waals surface area contributed by atoms with Crippen molar-refractivity contribution in [3.05, 3.63) is 35.0 Å². The van der Waals surface area contributed by atoms with Crippen LogP contribution in [0.2, 0.25) is 0 Å². The van der Waals surface area contributed by atoms with Crippen LogP contribution in [0, 0.1) is 0 Å². The maximum absolute atomic E-state index is 12.6. The van der Waals surface area contributed by atoms with E-state index in [1.165, 1.54) is 4.68 Å². The van der Waals surface area contributed by atoms with Gasteiger partial charge in [-0.1, -0.05) is 5.10 Å². The zero-order chi connectivity index (χ0) is 18.0. The lowest BCUT2D eigenvalue weighted by molar-refractivity contribution is -0.139. The molecule has 1 aromatic heterocycles. The number of hydrogen-bond acceptors (Lipinski definition) is 8. The molecule has 1 aliphatic heterocycles. The van der Waals surface area contributed by atoms with Crippen LogP contribution in [0.25, 0.3) is 0 Å². The lowest BCUT2D eigenvalue weighted by atomic mass is 9.95. The Morgan fingerprint density at radius 3 is 2.80 bits per heavy atom. The number of tetrazole rings is 1. The van der Waals surface area contributed by atoms with E-state index in [-0.39, 0.29) is 6.61 Å². The second-order valence-corrected chi connectivity index (χ2v) is 5.34. The van der Waals surface area contributed by atoms with Crippen LogP contribution in [0.3, 0.4) is 0 Å². The van der Waals surface area contributed by atoms with Crippen molar-refractivity contribution in [2.24, 2.45) is 0 Å².